The van der Waals surface area contributed by atoms with Crippen LogP contribution in [0.25, 0.3) is 11.1 Å². The fourth-order valence-electron chi connectivity index (χ4n) is 1.88. The molecule has 3 heteroatoms. The van der Waals surface area contributed by atoms with Crippen LogP contribution in [0.4, 0.5) is 0 Å². The molecule has 0 aliphatic carbocycles. The first-order valence-corrected chi connectivity index (χ1v) is 5.92. The molecule has 0 bridgehead atoms. The average molecular weight is 241 g/mol. The van der Waals surface area contributed by atoms with Crippen molar-refractivity contribution in [1.82, 2.24) is 4.98 Å². The summed E-state index contributed by atoms with van der Waals surface area (Å²) in [4.78, 5) is 16.1. The Kier molecular flexibility index (Phi) is 3.72. The van der Waals surface area contributed by atoms with E-state index in [1.54, 1.807) is 13.1 Å². The normalized spacial score (nSPS) is 10.1. The SMILES string of the molecule is CCOC(=O)c1nccc(C)c1-c1ccccc1. The van der Waals surface area contributed by atoms with E-state index >= 15 is 0 Å². The molecule has 0 fully saturated rings. The van der Waals surface area contributed by atoms with Gasteiger partial charge in [-0.15, -0.1) is 0 Å². The fourth-order valence-corrected chi connectivity index (χ4v) is 1.88. The number of carbonyl (C=O) groups is 1. The van der Waals surface area contributed by atoms with Gasteiger partial charge in [0.15, 0.2) is 5.69 Å². The van der Waals surface area contributed by atoms with E-state index in [2.05, 4.69) is 4.98 Å². The molecule has 0 atom stereocenters. The Morgan fingerprint density at radius 1 is 1.22 bits per heavy atom. The molecule has 0 N–H and O–H groups in total. The van der Waals surface area contributed by atoms with Crippen molar-refractivity contribution in [1.29, 1.82) is 0 Å². The highest BCUT2D eigenvalue weighted by Gasteiger charge is 2.17. The number of ether oxygens (including phenoxy) is 1. The van der Waals surface area contributed by atoms with Crippen LogP contribution >= 0.6 is 0 Å². The Labute approximate surface area is 106 Å². The molecule has 3 nitrogen and oxygen atoms in total. The van der Waals surface area contributed by atoms with Gasteiger partial charge in [-0.3, -0.25) is 0 Å². The Bertz CT molecular complexity index is 550. The van der Waals surface area contributed by atoms with Crippen LogP contribution in [0.1, 0.15) is 23.0 Å². The predicted octanol–water partition coefficient (Wildman–Crippen LogP) is 3.23. The van der Waals surface area contributed by atoms with Crippen molar-refractivity contribution in [2.24, 2.45) is 0 Å². The van der Waals surface area contributed by atoms with E-state index in [9.17, 15) is 4.79 Å². The van der Waals surface area contributed by atoms with E-state index < -0.39 is 0 Å². The number of hydrogen-bond donors (Lipinski definition) is 0. The molecular weight excluding hydrogens is 226 g/mol. The lowest BCUT2D eigenvalue weighted by molar-refractivity contribution is 0.0520. The van der Waals surface area contributed by atoms with E-state index in [4.69, 9.17) is 4.74 Å². The third-order valence-corrected chi connectivity index (χ3v) is 2.69. The zero-order valence-electron chi connectivity index (χ0n) is 10.5. The summed E-state index contributed by atoms with van der Waals surface area (Å²) in [6, 6.07) is 11.6. The topological polar surface area (TPSA) is 39.2 Å². The van der Waals surface area contributed by atoms with Gasteiger partial charge in [0.1, 0.15) is 0 Å². The van der Waals surface area contributed by atoms with Crippen LogP contribution < -0.4 is 0 Å². The minimum Gasteiger partial charge on any atom is -0.461 e. The van der Waals surface area contributed by atoms with E-state index in [1.807, 2.05) is 43.3 Å². The van der Waals surface area contributed by atoms with Crippen LogP contribution in [0.15, 0.2) is 42.6 Å². The Balaban J connectivity index is 2.55. The summed E-state index contributed by atoms with van der Waals surface area (Å²) < 4.78 is 5.04. The lowest BCUT2D eigenvalue weighted by Gasteiger charge is -2.10. The number of aryl methyl sites for hydroxylation is 1. The van der Waals surface area contributed by atoms with Crippen molar-refractivity contribution < 1.29 is 9.53 Å². The van der Waals surface area contributed by atoms with Crippen LogP contribution in [0, 0.1) is 6.92 Å². The minimum atomic E-state index is -0.375. The molecule has 0 aliphatic rings. The molecule has 0 saturated heterocycles. The minimum absolute atomic E-state index is 0.350. The first kappa shape index (κ1) is 12.3. The second kappa shape index (κ2) is 5.45. The standard InChI is InChI=1S/C15H15NO2/c1-3-18-15(17)14-13(11(2)9-10-16-14)12-7-5-4-6-8-12/h4-10H,3H2,1-2H3. The van der Waals surface area contributed by atoms with E-state index in [0.717, 1.165) is 16.7 Å². The van der Waals surface area contributed by atoms with Crippen LogP contribution in [-0.2, 0) is 4.74 Å². The molecule has 0 aliphatic heterocycles. The van der Waals surface area contributed by atoms with Crippen molar-refractivity contribution in [3.8, 4) is 11.1 Å². The number of benzene rings is 1. The average Bonchev–Trinajstić information content (AvgIpc) is 2.39. The van der Waals surface area contributed by atoms with Crippen LogP contribution in [0.3, 0.4) is 0 Å². The van der Waals surface area contributed by atoms with Gasteiger partial charge in [-0.25, -0.2) is 9.78 Å². The van der Waals surface area contributed by atoms with E-state index in [1.165, 1.54) is 0 Å². The highest BCUT2D eigenvalue weighted by molar-refractivity contribution is 5.96. The number of aromatic nitrogens is 1. The maximum Gasteiger partial charge on any atom is 0.357 e. The van der Waals surface area contributed by atoms with Gasteiger partial charge in [0.25, 0.3) is 0 Å². The first-order valence-electron chi connectivity index (χ1n) is 5.92. The summed E-state index contributed by atoms with van der Waals surface area (Å²) in [5, 5.41) is 0. The van der Waals surface area contributed by atoms with Gasteiger partial charge in [0, 0.05) is 11.8 Å². The van der Waals surface area contributed by atoms with Gasteiger partial charge in [0.05, 0.1) is 6.61 Å². The third-order valence-electron chi connectivity index (χ3n) is 2.69. The van der Waals surface area contributed by atoms with E-state index in [-0.39, 0.29) is 5.97 Å². The molecule has 0 saturated carbocycles. The summed E-state index contributed by atoms with van der Waals surface area (Å²) in [5.74, 6) is -0.375. The number of nitrogens with zero attached hydrogens (tertiary/aromatic N) is 1. The van der Waals surface area contributed by atoms with Gasteiger partial charge in [-0.2, -0.15) is 0 Å². The summed E-state index contributed by atoms with van der Waals surface area (Å²) in [5.41, 5.74) is 3.21. The summed E-state index contributed by atoms with van der Waals surface area (Å²) in [7, 11) is 0. The molecule has 0 radical (unpaired) electrons. The second-order valence-electron chi connectivity index (χ2n) is 3.94. The van der Waals surface area contributed by atoms with Crippen molar-refractivity contribution in [2.45, 2.75) is 13.8 Å². The third kappa shape index (κ3) is 2.40. The predicted molar refractivity (Wildman–Crippen MR) is 70.4 cm³/mol. The molecule has 2 rings (SSSR count). The second-order valence-corrected chi connectivity index (χ2v) is 3.94. The van der Waals surface area contributed by atoms with Gasteiger partial charge in [-0.05, 0) is 31.0 Å². The molecule has 92 valence electrons. The zero-order valence-corrected chi connectivity index (χ0v) is 10.5. The van der Waals surface area contributed by atoms with Crippen molar-refractivity contribution in [2.75, 3.05) is 6.61 Å². The number of hydrogen-bond acceptors (Lipinski definition) is 3. The molecule has 1 heterocycles. The number of esters is 1. The van der Waals surface area contributed by atoms with Gasteiger partial charge in [0.2, 0.25) is 0 Å². The first-order chi connectivity index (χ1) is 8.74. The number of carbonyl (C=O) groups excluding carboxylic acids is 1. The highest BCUT2D eigenvalue weighted by atomic mass is 16.5. The lowest BCUT2D eigenvalue weighted by Crippen LogP contribution is -2.09. The zero-order chi connectivity index (χ0) is 13.0. The molecule has 0 unspecified atom stereocenters. The van der Waals surface area contributed by atoms with Crippen molar-refractivity contribution in [3.05, 3.63) is 53.9 Å². The Hall–Kier alpha value is -2.16. The van der Waals surface area contributed by atoms with Crippen LogP contribution in [0.2, 0.25) is 0 Å². The quantitative estimate of drug-likeness (QED) is 0.774. The summed E-state index contributed by atoms with van der Waals surface area (Å²) in [6.45, 7) is 4.10. The largest absolute Gasteiger partial charge is 0.461 e. The summed E-state index contributed by atoms with van der Waals surface area (Å²) >= 11 is 0. The monoisotopic (exact) mass is 241 g/mol. The maximum absolute atomic E-state index is 11.9. The Morgan fingerprint density at radius 2 is 1.94 bits per heavy atom. The lowest BCUT2D eigenvalue weighted by atomic mass is 9.99. The molecule has 0 amide bonds. The molecule has 0 spiro atoms. The van der Waals surface area contributed by atoms with E-state index in [0.29, 0.717) is 12.3 Å². The maximum atomic E-state index is 11.9. The van der Waals surface area contributed by atoms with Crippen molar-refractivity contribution in [3.63, 3.8) is 0 Å². The molecule has 2 aromatic rings. The molecule has 18 heavy (non-hydrogen) atoms. The molecular formula is C15H15NO2. The fraction of sp³-hybridized carbons (Fsp3) is 0.200. The van der Waals surface area contributed by atoms with Crippen LogP contribution in [0.5, 0.6) is 0 Å². The van der Waals surface area contributed by atoms with Gasteiger partial charge < -0.3 is 4.74 Å². The van der Waals surface area contributed by atoms with Gasteiger partial charge in [-0.1, -0.05) is 30.3 Å². The summed E-state index contributed by atoms with van der Waals surface area (Å²) in [6.07, 6.45) is 1.63. The highest BCUT2D eigenvalue weighted by Crippen LogP contribution is 2.26. The van der Waals surface area contributed by atoms with Crippen molar-refractivity contribution >= 4 is 5.97 Å². The molecule has 1 aromatic carbocycles. The number of pyridine rings is 1. The Morgan fingerprint density at radius 3 is 2.61 bits per heavy atom. The van der Waals surface area contributed by atoms with Crippen LogP contribution in [-0.4, -0.2) is 17.6 Å². The number of rotatable bonds is 3. The molecule has 1 aromatic heterocycles. The smallest absolute Gasteiger partial charge is 0.357 e. The van der Waals surface area contributed by atoms with Gasteiger partial charge >= 0.3 is 5.97 Å².